The Bertz CT molecular complexity index is 311. The lowest BCUT2D eigenvalue weighted by Gasteiger charge is -2.41. The van der Waals surface area contributed by atoms with Crippen LogP contribution in [0.3, 0.4) is 0 Å². The summed E-state index contributed by atoms with van der Waals surface area (Å²) in [6.45, 7) is 0. The van der Waals surface area contributed by atoms with Crippen LogP contribution in [0, 0.1) is 0 Å². The average molecular weight is 241 g/mol. The number of hydrogen-bond donors (Lipinski definition) is 3. The minimum atomic E-state index is -5.16. The molecular formula is C8H10F3NO4. The van der Waals surface area contributed by atoms with Crippen molar-refractivity contribution in [2.75, 3.05) is 0 Å². The van der Waals surface area contributed by atoms with E-state index in [1.165, 1.54) is 5.32 Å². The predicted octanol–water partition coefficient (Wildman–Crippen LogP) is 0.0331. The summed E-state index contributed by atoms with van der Waals surface area (Å²) in [6, 6.07) is -1.92. The first-order valence-corrected chi connectivity index (χ1v) is 4.50. The summed E-state index contributed by atoms with van der Waals surface area (Å²) in [5.41, 5.74) is -1.77. The molecule has 0 spiro atoms. The van der Waals surface area contributed by atoms with Crippen LogP contribution < -0.4 is 5.32 Å². The number of aliphatic hydroxyl groups is 1. The van der Waals surface area contributed by atoms with Crippen LogP contribution in [0.2, 0.25) is 0 Å². The fraction of sp³-hybridized carbons (Fsp3) is 0.750. The monoisotopic (exact) mass is 241 g/mol. The standard InChI is InChI=1S/C8H10F3NO4/c9-8(10,11)6(15)12-4(5(13)14)7(16)2-1-3-7/h4,16H,1-3H2,(H,12,15)(H,13,14). The van der Waals surface area contributed by atoms with E-state index in [1.54, 1.807) is 0 Å². The zero-order chi connectivity index (χ0) is 12.6. The van der Waals surface area contributed by atoms with Crippen molar-refractivity contribution in [3.8, 4) is 0 Å². The van der Waals surface area contributed by atoms with Crippen LogP contribution in [-0.4, -0.2) is 39.9 Å². The van der Waals surface area contributed by atoms with Gasteiger partial charge >= 0.3 is 18.1 Å². The Labute approximate surface area is 88.2 Å². The summed E-state index contributed by atoms with van der Waals surface area (Å²) in [7, 11) is 0. The van der Waals surface area contributed by atoms with Crippen LogP contribution in [0.4, 0.5) is 13.2 Å². The lowest BCUT2D eigenvalue weighted by Crippen LogP contribution is -2.62. The minimum absolute atomic E-state index is 0.0576. The molecule has 0 bridgehead atoms. The molecule has 0 heterocycles. The van der Waals surface area contributed by atoms with Gasteiger partial charge in [0, 0.05) is 0 Å². The van der Waals surface area contributed by atoms with Gasteiger partial charge in [-0.3, -0.25) is 4.79 Å². The predicted molar refractivity (Wildman–Crippen MR) is 44.4 cm³/mol. The summed E-state index contributed by atoms with van der Waals surface area (Å²) in [4.78, 5) is 21.2. The number of aliphatic carboxylic acids is 1. The van der Waals surface area contributed by atoms with Gasteiger partial charge in [0.05, 0.1) is 5.60 Å². The van der Waals surface area contributed by atoms with E-state index in [-0.39, 0.29) is 12.8 Å². The Morgan fingerprint density at radius 3 is 2.06 bits per heavy atom. The van der Waals surface area contributed by atoms with Gasteiger partial charge in [-0.15, -0.1) is 0 Å². The van der Waals surface area contributed by atoms with Gasteiger partial charge in [-0.25, -0.2) is 4.79 Å². The maximum atomic E-state index is 11.9. The van der Waals surface area contributed by atoms with E-state index in [2.05, 4.69) is 0 Å². The smallest absolute Gasteiger partial charge is 0.471 e. The van der Waals surface area contributed by atoms with E-state index in [4.69, 9.17) is 5.11 Å². The van der Waals surface area contributed by atoms with E-state index in [0.29, 0.717) is 6.42 Å². The Hall–Kier alpha value is -1.31. The molecule has 5 nitrogen and oxygen atoms in total. The molecule has 1 aliphatic carbocycles. The van der Waals surface area contributed by atoms with E-state index in [1.807, 2.05) is 0 Å². The Morgan fingerprint density at radius 1 is 1.31 bits per heavy atom. The number of alkyl halides is 3. The number of amides is 1. The number of carbonyl (C=O) groups excluding carboxylic acids is 1. The number of carboxylic acids is 1. The van der Waals surface area contributed by atoms with Gasteiger partial charge < -0.3 is 15.5 Å². The largest absolute Gasteiger partial charge is 0.480 e. The van der Waals surface area contributed by atoms with Crippen molar-refractivity contribution in [3.63, 3.8) is 0 Å². The molecule has 8 heteroatoms. The van der Waals surface area contributed by atoms with E-state index < -0.39 is 29.7 Å². The van der Waals surface area contributed by atoms with Gasteiger partial charge in [-0.05, 0) is 19.3 Å². The third-order valence-corrected chi connectivity index (χ3v) is 2.54. The first-order valence-electron chi connectivity index (χ1n) is 4.50. The molecular weight excluding hydrogens is 231 g/mol. The lowest BCUT2D eigenvalue weighted by atomic mass is 9.74. The highest BCUT2D eigenvalue weighted by Crippen LogP contribution is 2.35. The van der Waals surface area contributed by atoms with Crippen molar-refractivity contribution < 1.29 is 33.0 Å². The molecule has 0 radical (unpaired) electrons. The second kappa shape index (κ2) is 3.93. The van der Waals surface area contributed by atoms with Crippen LogP contribution in [0.15, 0.2) is 0 Å². The molecule has 16 heavy (non-hydrogen) atoms. The fourth-order valence-electron chi connectivity index (χ4n) is 1.47. The molecule has 0 aromatic rings. The second-order valence-corrected chi connectivity index (χ2v) is 3.70. The molecule has 1 fully saturated rings. The minimum Gasteiger partial charge on any atom is -0.480 e. The quantitative estimate of drug-likeness (QED) is 0.650. The first kappa shape index (κ1) is 12.8. The highest BCUT2D eigenvalue weighted by molar-refractivity contribution is 5.87. The Morgan fingerprint density at radius 2 is 1.81 bits per heavy atom. The molecule has 0 aliphatic heterocycles. The van der Waals surface area contributed by atoms with Crippen LogP contribution >= 0.6 is 0 Å². The number of hydrogen-bond acceptors (Lipinski definition) is 3. The number of halogens is 3. The molecule has 92 valence electrons. The van der Waals surface area contributed by atoms with Crippen LogP contribution in [-0.2, 0) is 9.59 Å². The Balaban J connectivity index is 2.74. The summed E-state index contributed by atoms with van der Waals surface area (Å²) in [6.07, 6.45) is -4.53. The summed E-state index contributed by atoms with van der Waals surface area (Å²) >= 11 is 0. The van der Waals surface area contributed by atoms with Gasteiger partial charge in [0.15, 0.2) is 6.04 Å². The number of nitrogens with one attached hydrogen (secondary N) is 1. The zero-order valence-corrected chi connectivity index (χ0v) is 8.04. The van der Waals surface area contributed by atoms with Gasteiger partial charge in [0.25, 0.3) is 0 Å². The highest BCUT2D eigenvalue weighted by Gasteiger charge is 2.50. The third kappa shape index (κ3) is 2.43. The zero-order valence-electron chi connectivity index (χ0n) is 8.04. The molecule has 1 aliphatic rings. The van der Waals surface area contributed by atoms with Crippen LogP contribution in [0.5, 0.6) is 0 Å². The summed E-state index contributed by atoms with van der Waals surface area (Å²) < 4.78 is 35.7. The number of carboxylic acid groups (broad SMARTS) is 1. The Kier molecular flexibility index (Phi) is 3.13. The topological polar surface area (TPSA) is 86.6 Å². The maximum Gasteiger partial charge on any atom is 0.471 e. The van der Waals surface area contributed by atoms with Crippen LogP contribution in [0.1, 0.15) is 19.3 Å². The first-order chi connectivity index (χ1) is 7.17. The third-order valence-electron chi connectivity index (χ3n) is 2.54. The average Bonchev–Trinajstić information content (AvgIpc) is 2.07. The molecule has 1 saturated carbocycles. The van der Waals surface area contributed by atoms with Crippen molar-refractivity contribution in [1.82, 2.24) is 5.32 Å². The van der Waals surface area contributed by atoms with Gasteiger partial charge in [0.1, 0.15) is 0 Å². The molecule has 1 amide bonds. The van der Waals surface area contributed by atoms with E-state index in [0.717, 1.165) is 0 Å². The fourth-order valence-corrected chi connectivity index (χ4v) is 1.47. The van der Waals surface area contributed by atoms with Crippen molar-refractivity contribution in [3.05, 3.63) is 0 Å². The molecule has 1 rings (SSSR count). The SMILES string of the molecule is O=C(O)C(NC(=O)C(F)(F)F)C1(O)CCC1. The highest BCUT2D eigenvalue weighted by atomic mass is 19.4. The van der Waals surface area contributed by atoms with Crippen molar-refractivity contribution >= 4 is 11.9 Å². The molecule has 0 aromatic carbocycles. The van der Waals surface area contributed by atoms with Crippen molar-refractivity contribution in [1.29, 1.82) is 0 Å². The van der Waals surface area contributed by atoms with Crippen molar-refractivity contribution in [2.24, 2.45) is 0 Å². The normalized spacial score (nSPS) is 20.8. The van der Waals surface area contributed by atoms with Crippen LogP contribution in [0.25, 0.3) is 0 Å². The maximum absolute atomic E-state index is 11.9. The van der Waals surface area contributed by atoms with Gasteiger partial charge in [-0.1, -0.05) is 0 Å². The van der Waals surface area contributed by atoms with Gasteiger partial charge in [-0.2, -0.15) is 13.2 Å². The lowest BCUT2D eigenvalue weighted by molar-refractivity contribution is -0.180. The summed E-state index contributed by atoms with van der Waals surface area (Å²) in [5, 5.41) is 19.5. The second-order valence-electron chi connectivity index (χ2n) is 3.70. The molecule has 1 unspecified atom stereocenters. The molecule has 3 N–H and O–H groups in total. The number of rotatable bonds is 3. The summed E-state index contributed by atoms with van der Waals surface area (Å²) in [5.74, 6) is -4.04. The molecule has 0 aromatic heterocycles. The molecule has 0 saturated heterocycles. The van der Waals surface area contributed by atoms with Gasteiger partial charge in [0.2, 0.25) is 0 Å². The van der Waals surface area contributed by atoms with Crippen molar-refractivity contribution in [2.45, 2.75) is 37.1 Å². The van der Waals surface area contributed by atoms with E-state index >= 15 is 0 Å². The van der Waals surface area contributed by atoms with E-state index in [9.17, 15) is 27.9 Å². The number of carbonyl (C=O) groups is 2. The molecule has 1 atom stereocenters.